The number of rotatable bonds is 7. The van der Waals surface area contributed by atoms with Gasteiger partial charge in [0, 0.05) is 31.6 Å². The number of sulfone groups is 1. The summed E-state index contributed by atoms with van der Waals surface area (Å²) in [5, 5.41) is 5.44. The van der Waals surface area contributed by atoms with Crippen LogP contribution in [0.3, 0.4) is 0 Å². The van der Waals surface area contributed by atoms with Gasteiger partial charge in [-0.2, -0.15) is 0 Å². The molecule has 4 aromatic heterocycles. The standard InChI is InChI=1S/C23H27N5O5S/c1-23(2)15-27(9-11-32-23)22-16-13-19(33-18(16)7-8-24-22)17-14-25-20-5-6-21(26-28(17)20)31-10-4-12-34(3,29)30/h5-8,13-14H,4,9-12,15H2,1-3H3. The predicted molar refractivity (Wildman–Crippen MR) is 128 cm³/mol. The molecule has 0 N–H and O–H groups in total. The SMILES string of the molecule is CC1(C)CN(c2nccc3oc(-c4cnc5ccc(OCCCS(C)(=O)=O)nn45)cc23)CCO1. The highest BCUT2D eigenvalue weighted by Crippen LogP contribution is 2.34. The van der Waals surface area contributed by atoms with Crippen molar-refractivity contribution in [2.24, 2.45) is 0 Å². The van der Waals surface area contributed by atoms with Gasteiger partial charge in [-0.25, -0.2) is 22.9 Å². The maximum absolute atomic E-state index is 11.3. The zero-order valence-corrected chi connectivity index (χ0v) is 20.2. The second-order valence-corrected chi connectivity index (χ2v) is 11.4. The summed E-state index contributed by atoms with van der Waals surface area (Å²) in [4.78, 5) is 11.3. The van der Waals surface area contributed by atoms with E-state index in [2.05, 4.69) is 33.8 Å². The number of hydrogen-bond acceptors (Lipinski definition) is 9. The monoisotopic (exact) mass is 485 g/mol. The Morgan fingerprint density at radius 3 is 2.85 bits per heavy atom. The summed E-state index contributed by atoms with van der Waals surface area (Å²) >= 11 is 0. The van der Waals surface area contributed by atoms with Gasteiger partial charge < -0.3 is 18.8 Å². The fraction of sp³-hybridized carbons (Fsp3) is 0.435. The first-order valence-corrected chi connectivity index (χ1v) is 13.2. The minimum Gasteiger partial charge on any atom is -0.477 e. The molecule has 0 spiro atoms. The number of ether oxygens (including phenoxy) is 2. The normalized spacial score (nSPS) is 16.4. The van der Waals surface area contributed by atoms with Gasteiger partial charge in [-0.3, -0.25) is 0 Å². The number of pyridine rings is 1. The molecule has 1 saturated heterocycles. The summed E-state index contributed by atoms with van der Waals surface area (Å²) in [6.07, 6.45) is 5.07. The Kier molecular flexibility index (Phi) is 5.68. The topological polar surface area (TPSA) is 112 Å². The van der Waals surface area contributed by atoms with E-state index < -0.39 is 9.84 Å². The zero-order valence-electron chi connectivity index (χ0n) is 19.4. The molecule has 180 valence electrons. The van der Waals surface area contributed by atoms with Crippen molar-refractivity contribution in [2.45, 2.75) is 25.9 Å². The summed E-state index contributed by atoms with van der Waals surface area (Å²) in [5.41, 5.74) is 1.80. The van der Waals surface area contributed by atoms with Gasteiger partial charge in [-0.15, -0.1) is 5.10 Å². The van der Waals surface area contributed by atoms with Crippen molar-refractivity contribution in [3.63, 3.8) is 0 Å². The van der Waals surface area contributed by atoms with E-state index in [1.54, 1.807) is 29.0 Å². The summed E-state index contributed by atoms with van der Waals surface area (Å²) in [6.45, 7) is 6.53. The number of nitrogens with zero attached hydrogens (tertiary/aromatic N) is 5. The van der Waals surface area contributed by atoms with E-state index in [-0.39, 0.29) is 18.0 Å². The average Bonchev–Trinajstić information content (AvgIpc) is 3.38. The van der Waals surface area contributed by atoms with Gasteiger partial charge in [-0.05, 0) is 38.5 Å². The minimum atomic E-state index is -3.02. The summed E-state index contributed by atoms with van der Waals surface area (Å²) in [6, 6.07) is 7.33. The molecule has 0 amide bonds. The van der Waals surface area contributed by atoms with Crippen LogP contribution < -0.4 is 9.64 Å². The Morgan fingerprint density at radius 1 is 1.21 bits per heavy atom. The van der Waals surface area contributed by atoms with Crippen molar-refractivity contribution in [3.05, 3.63) is 36.7 Å². The van der Waals surface area contributed by atoms with Gasteiger partial charge in [0.15, 0.2) is 11.4 Å². The van der Waals surface area contributed by atoms with Crippen LogP contribution >= 0.6 is 0 Å². The molecule has 10 nitrogen and oxygen atoms in total. The molecule has 1 aliphatic heterocycles. The van der Waals surface area contributed by atoms with Crippen LogP contribution in [0.2, 0.25) is 0 Å². The van der Waals surface area contributed by atoms with Crippen LogP contribution in [-0.4, -0.2) is 71.9 Å². The van der Waals surface area contributed by atoms with Gasteiger partial charge in [0.2, 0.25) is 5.88 Å². The van der Waals surface area contributed by atoms with Gasteiger partial charge in [-0.1, -0.05) is 0 Å². The van der Waals surface area contributed by atoms with Crippen LogP contribution in [0.25, 0.3) is 28.1 Å². The lowest BCUT2D eigenvalue weighted by Gasteiger charge is -2.38. The number of fused-ring (bicyclic) bond motifs is 2. The van der Waals surface area contributed by atoms with Crippen LogP contribution in [0.15, 0.2) is 41.1 Å². The van der Waals surface area contributed by atoms with E-state index in [1.165, 1.54) is 6.26 Å². The number of anilines is 1. The highest BCUT2D eigenvalue weighted by molar-refractivity contribution is 7.90. The first-order chi connectivity index (χ1) is 16.2. The quantitative estimate of drug-likeness (QED) is 0.365. The van der Waals surface area contributed by atoms with Gasteiger partial charge in [0.25, 0.3) is 0 Å². The third-order valence-electron chi connectivity index (χ3n) is 5.65. The van der Waals surface area contributed by atoms with Crippen LogP contribution in [0.4, 0.5) is 5.82 Å². The Balaban J connectivity index is 1.44. The molecule has 0 bridgehead atoms. The second kappa shape index (κ2) is 8.55. The molecule has 0 atom stereocenters. The first kappa shape index (κ1) is 22.6. The Hall–Kier alpha value is -3.18. The molecule has 34 heavy (non-hydrogen) atoms. The van der Waals surface area contributed by atoms with E-state index in [0.717, 1.165) is 29.9 Å². The summed E-state index contributed by atoms with van der Waals surface area (Å²) in [7, 11) is -3.02. The molecule has 4 aromatic rings. The van der Waals surface area contributed by atoms with Gasteiger partial charge >= 0.3 is 0 Å². The van der Waals surface area contributed by atoms with Gasteiger partial charge in [0.05, 0.1) is 36.2 Å². The number of furan rings is 1. The van der Waals surface area contributed by atoms with Crippen molar-refractivity contribution >= 4 is 32.3 Å². The maximum Gasteiger partial charge on any atom is 0.231 e. The summed E-state index contributed by atoms with van der Waals surface area (Å²) in [5.74, 6) is 1.93. The van der Waals surface area contributed by atoms with E-state index in [1.807, 2.05) is 12.1 Å². The molecule has 5 rings (SSSR count). The molecule has 1 aliphatic rings. The van der Waals surface area contributed by atoms with Crippen molar-refractivity contribution in [2.75, 3.05) is 43.2 Å². The lowest BCUT2D eigenvalue weighted by Crippen LogP contribution is -2.48. The number of morpholine rings is 1. The Morgan fingerprint density at radius 2 is 2.06 bits per heavy atom. The fourth-order valence-corrected chi connectivity index (χ4v) is 4.77. The molecular formula is C23H27N5O5S. The third-order valence-corrected chi connectivity index (χ3v) is 6.68. The molecule has 0 aromatic carbocycles. The zero-order chi connectivity index (χ0) is 23.9. The lowest BCUT2D eigenvalue weighted by molar-refractivity contribution is -0.0278. The third kappa shape index (κ3) is 4.71. The second-order valence-electron chi connectivity index (χ2n) is 9.10. The molecule has 5 heterocycles. The molecule has 1 fully saturated rings. The maximum atomic E-state index is 11.3. The molecular weight excluding hydrogens is 458 g/mol. The number of aromatic nitrogens is 4. The Labute approximate surface area is 197 Å². The minimum absolute atomic E-state index is 0.0707. The highest BCUT2D eigenvalue weighted by atomic mass is 32.2. The molecule has 0 saturated carbocycles. The molecule has 11 heteroatoms. The number of hydrogen-bond donors (Lipinski definition) is 0. The smallest absolute Gasteiger partial charge is 0.231 e. The van der Waals surface area contributed by atoms with Crippen LogP contribution in [0, 0.1) is 0 Å². The average molecular weight is 486 g/mol. The number of imidazole rings is 1. The van der Waals surface area contributed by atoms with Crippen molar-refractivity contribution in [3.8, 4) is 17.3 Å². The predicted octanol–water partition coefficient (Wildman–Crippen LogP) is 2.97. The van der Waals surface area contributed by atoms with Crippen molar-refractivity contribution in [1.29, 1.82) is 0 Å². The molecule has 0 radical (unpaired) electrons. The van der Waals surface area contributed by atoms with E-state index >= 15 is 0 Å². The largest absolute Gasteiger partial charge is 0.477 e. The molecule has 0 unspecified atom stereocenters. The fourth-order valence-electron chi connectivity index (χ4n) is 4.12. The van der Waals surface area contributed by atoms with Crippen molar-refractivity contribution < 1.29 is 22.3 Å². The summed E-state index contributed by atoms with van der Waals surface area (Å²) < 4.78 is 42.0. The van der Waals surface area contributed by atoms with Crippen LogP contribution in [-0.2, 0) is 14.6 Å². The van der Waals surface area contributed by atoms with Crippen LogP contribution in [0.1, 0.15) is 20.3 Å². The van der Waals surface area contributed by atoms with Gasteiger partial charge in [0.1, 0.15) is 26.9 Å². The highest BCUT2D eigenvalue weighted by Gasteiger charge is 2.29. The van der Waals surface area contributed by atoms with E-state index in [9.17, 15) is 8.42 Å². The molecule has 0 aliphatic carbocycles. The van der Waals surface area contributed by atoms with Crippen molar-refractivity contribution in [1.82, 2.24) is 19.6 Å². The van der Waals surface area contributed by atoms with E-state index in [0.29, 0.717) is 36.0 Å². The Bertz CT molecular complexity index is 1440. The van der Waals surface area contributed by atoms with E-state index in [4.69, 9.17) is 13.9 Å². The first-order valence-electron chi connectivity index (χ1n) is 11.1. The lowest BCUT2D eigenvalue weighted by atomic mass is 10.1. The van der Waals surface area contributed by atoms with Crippen LogP contribution in [0.5, 0.6) is 5.88 Å².